The molecule has 0 saturated heterocycles. The van der Waals surface area contributed by atoms with E-state index in [0.29, 0.717) is 15.2 Å². The van der Waals surface area contributed by atoms with Crippen molar-refractivity contribution in [1.29, 1.82) is 0 Å². The van der Waals surface area contributed by atoms with Gasteiger partial charge >= 0.3 is 0 Å². The predicted octanol–water partition coefficient (Wildman–Crippen LogP) is 6.19. The molecule has 0 aliphatic carbocycles. The summed E-state index contributed by atoms with van der Waals surface area (Å²) in [5, 5.41) is 1.35. The Bertz CT molecular complexity index is 964. The monoisotopic (exact) mass is 405 g/mol. The van der Waals surface area contributed by atoms with Crippen molar-refractivity contribution in [3.05, 3.63) is 89.0 Å². The van der Waals surface area contributed by atoms with Crippen LogP contribution >= 0.6 is 8.58 Å². The van der Waals surface area contributed by atoms with Crippen LogP contribution in [0.25, 0.3) is 0 Å². The molecule has 0 aromatic heterocycles. The molecule has 1 unspecified atom stereocenters. The fourth-order valence-electron chi connectivity index (χ4n) is 3.71. The Balaban J connectivity index is 1.96. The number of nitrogens with zero attached hydrogens (tertiary/aromatic N) is 1. The summed E-state index contributed by atoms with van der Waals surface area (Å²) in [4.78, 5) is 2.20. The van der Waals surface area contributed by atoms with Crippen molar-refractivity contribution in [1.82, 2.24) is 0 Å². The number of benzene rings is 3. The molecule has 0 spiro atoms. The van der Waals surface area contributed by atoms with E-state index in [0.717, 1.165) is 5.75 Å². The quantitative estimate of drug-likeness (QED) is 0.435. The van der Waals surface area contributed by atoms with Crippen LogP contribution in [-0.2, 0) is 11.8 Å². The van der Waals surface area contributed by atoms with E-state index in [1.165, 1.54) is 33.2 Å². The molecule has 0 aliphatic rings. The van der Waals surface area contributed by atoms with Crippen molar-refractivity contribution in [2.24, 2.45) is 0 Å². The highest BCUT2D eigenvalue weighted by Crippen LogP contribution is 2.47. The lowest BCUT2D eigenvalue weighted by Crippen LogP contribution is -2.21. The number of hydrogen-bond donors (Lipinski definition) is 0. The number of aryl methyl sites for hydroxylation is 2. The van der Waals surface area contributed by atoms with Crippen LogP contribution in [0, 0.1) is 13.8 Å². The van der Waals surface area contributed by atoms with Gasteiger partial charge in [-0.05, 0) is 36.3 Å². The summed E-state index contributed by atoms with van der Waals surface area (Å²) in [5.74, 6) is 1.03. The molecule has 0 saturated carbocycles. The zero-order valence-electron chi connectivity index (χ0n) is 18.4. The first-order chi connectivity index (χ1) is 13.8. The molecule has 0 amide bonds. The number of anilines is 1. The van der Waals surface area contributed by atoms with Gasteiger partial charge in [0.05, 0.1) is 0 Å². The first-order valence-electron chi connectivity index (χ1n) is 10.1. The van der Waals surface area contributed by atoms with Gasteiger partial charge in [-0.3, -0.25) is 0 Å². The van der Waals surface area contributed by atoms with Gasteiger partial charge in [0.25, 0.3) is 0 Å². The van der Waals surface area contributed by atoms with Crippen LogP contribution < -0.4 is 14.9 Å². The molecule has 0 heterocycles. The molecule has 0 aliphatic heterocycles. The van der Waals surface area contributed by atoms with Gasteiger partial charge in [-0.1, -0.05) is 88.7 Å². The number of para-hydroxylation sites is 1. The Kier molecular flexibility index (Phi) is 6.65. The molecule has 3 heteroatoms. The van der Waals surface area contributed by atoms with Crippen molar-refractivity contribution in [2.75, 3.05) is 19.0 Å². The van der Waals surface area contributed by atoms with Crippen LogP contribution in [0.3, 0.4) is 0 Å². The second-order valence-corrected chi connectivity index (χ2v) is 10.4. The average molecular weight is 406 g/mol. The van der Waals surface area contributed by atoms with Crippen molar-refractivity contribution < 1.29 is 4.74 Å². The van der Waals surface area contributed by atoms with Gasteiger partial charge in [-0.15, -0.1) is 0 Å². The standard InChI is InChI=1S/C26H32NOP/c1-19-16-20(2)25(28-18-21-12-8-7-9-13-21)22(17-19)26(3,4)29-24-15-11-10-14-23(24)27(5)6/h7-17,29H,18H2,1-6H3. The zero-order valence-corrected chi connectivity index (χ0v) is 19.4. The molecule has 152 valence electrons. The molecule has 3 rings (SSSR count). The largest absolute Gasteiger partial charge is 0.488 e. The number of hydrogen-bond acceptors (Lipinski definition) is 2. The minimum Gasteiger partial charge on any atom is -0.488 e. The van der Waals surface area contributed by atoms with Crippen molar-refractivity contribution >= 4 is 19.6 Å². The third-order valence-corrected chi connectivity index (χ3v) is 6.74. The Morgan fingerprint density at radius 3 is 2.24 bits per heavy atom. The molecule has 0 N–H and O–H groups in total. The topological polar surface area (TPSA) is 12.5 Å². The van der Waals surface area contributed by atoms with Crippen LogP contribution in [-0.4, -0.2) is 14.1 Å². The average Bonchev–Trinajstić information content (AvgIpc) is 2.67. The lowest BCUT2D eigenvalue weighted by atomic mass is 9.96. The van der Waals surface area contributed by atoms with E-state index in [1.54, 1.807) is 0 Å². The van der Waals surface area contributed by atoms with E-state index in [9.17, 15) is 0 Å². The summed E-state index contributed by atoms with van der Waals surface area (Å²) < 4.78 is 6.40. The van der Waals surface area contributed by atoms with Crippen molar-refractivity contribution in [3.63, 3.8) is 0 Å². The normalized spacial score (nSPS) is 11.8. The predicted molar refractivity (Wildman–Crippen MR) is 128 cm³/mol. The molecule has 3 aromatic rings. The van der Waals surface area contributed by atoms with E-state index < -0.39 is 0 Å². The number of ether oxygens (including phenoxy) is 1. The second-order valence-electron chi connectivity index (χ2n) is 8.39. The molecule has 29 heavy (non-hydrogen) atoms. The second kappa shape index (κ2) is 9.01. The molecule has 1 atom stereocenters. The van der Waals surface area contributed by atoms with Crippen LogP contribution in [0.1, 0.15) is 36.1 Å². The van der Waals surface area contributed by atoms with Gasteiger partial charge in [-0.25, -0.2) is 0 Å². The minimum absolute atomic E-state index is 0.0328. The summed E-state index contributed by atoms with van der Waals surface area (Å²) >= 11 is 0. The Morgan fingerprint density at radius 1 is 0.897 bits per heavy atom. The third-order valence-electron chi connectivity index (χ3n) is 5.15. The van der Waals surface area contributed by atoms with Crippen LogP contribution in [0.4, 0.5) is 5.69 Å². The van der Waals surface area contributed by atoms with Gasteiger partial charge in [0.2, 0.25) is 0 Å². The Morgan fingerprint density at radius 2 is 1.55 bits per heavy atom. The van der Waals surface area contributed by atoms with Crippen LogP contribution in [0.5, 0.6) is 5.75 Å². The molecular weight excluding hydrogens is 373 g/mol. The molecule has 0 fully saturated rings. The van der Waals surface area contributed by atoms with E-state index in [2.05, 4.69) is 107 Å². The molecular formula is C26H32NOP. The van der Waals surface area contributed by atoms with Crippen LogP contribution in [0.2, 0.25) is 0 Å². The summed E-state index contributed by atoms with van der Waals surface area (Å²) in [6.45, 7) is 9.59. The number of rotatable bonds is 7. The van der Waals surface area contributed by atoms with Gasteiger partial charge in [0.15, 0.2) is 0 Å². The summed E-state index contributed by atoms with van der Waals surface area (Å²) in [7, 11) is 4.86. The lowest BCUT2D eigenvalue weighted by Gasteiger charge is -2.31. The summed E-state index contributed by atoms with van der Waals surface area (Å²) in [6.07, 6.45) is 0. The molecule has 0 bridgehead atoms. The van der Waals surface area contributed by atoms with E-state index in [1.807, 2.05) is 6.07 Å². The maximum absolute atomic E-state index is 6.40. The highest BCUT2D eigenvalue weighted by Gasteiger charge is 2.27. The zero-order chi connectivity index (χ0) is 21.0. The fraction of sp³-hybridized carbons (Fsp3) is 0.308. The van der Waals surface area contributed by atoms with Crippen molar-refractivity contribution in [3.8, 4) is 5.75 Å². The Labute approximate surface area is 177 Å². The van der Waals surface area contributed by atoms with Gasteiger partial charge in [0.1, 0.15) is 12.4 Å². The summed E-state index contributed by atoms with van der Waals surface area (Å²) in [5.41, 5.74) is 6.25. The third kappa shape index (κ3) is 5.19. The smallest absolute Gasteiger partial charge is 0.126 e. The Hall–Kier alpha value is -2.31. The van der Waals surface area contributed by atoms with Crippen molar-refractivity contribution in [2.45, 2.75) is 39.5 Å². The van der Waals surface area contributed by atoms with E-state index in [-0.39, 0.29) is 5.16 Å². The maximum atomic E-state index is 6.40. The lowest BCUT2D eigenvalue weighted by molar-refractivity contribution is 0.298. The maximum Gasteiger partial charge on any atom is 0.126 e. The molecule has 0 radical (unpaired) electrons. The van der Waals surface area contributed by atoms with E-state index >= 15 is 0 Å². The van der Waals surface area contributed by atoms with Gasteiger partial charge in [0, 0.05) is 30.5 Å². The van der Waals surface area contributed by atoms with Gasteiger partial charge < -0.3 is 9.64 Å². The highest BCUT2D eigenvalue weighted by atomic mass is 31.1. The highest BCUT2D eigenvalue weighted by molar-refractivity contribution is 7.49. The van der Waals surface area contributed by atoms with E-state index in [4.69, 9.17) is 4.74 Å². The first-order valence-corrected chi connectivity index (χ1v) is 11.1. The fourth-order valence-corrected chi connectivity index (χ4v) is 5.32. The summed E-state index contributed by atoms with van der Waals surface area (Å²) in [6, 6.07) is 23.6. The minimum atomic E-state index is -0.0328. The molecule has 3 aromatic carbocycles. The first kappa shape index (κ1) is 21.4. The molecule has 2 nitrogen and oxygen atoms in total. The SMILES string of the molecule is Cc1cc(C)c(OCc2ccccc2)c(C(C)(C)Pc2ccccc2N(C)C)c1. The van der Waals surface area contributed by atoms with Gasteiger partial charge in [-0.2, -0.15) is 0 Å². The van der Waals surface area contributed by atoms with Crippen LogP contribution in [0.15, 0.2) is 66.7 Å².